The maximum Gasteiger partial charge on any atom is 0.335 e. The first-order valence-electron chi connectivity index (χ1n) is 7.36. The Bertz CT molecular complexity index is 509. The van der Waals surface area contributed by atoms with Crippen molar-refractivity contribution in [2.45, 2.75) is 51.2 Å². The predicted molar refractivity (Wildman–Crippen MR) is 78.5 cm³/mol. The number of carboxylic acids is 1. The first kappa shape index (κ1) is 15.4. The van der Waals surface area contributed by atoms with Gasteiger partial charge in [-0.3, -0.25) is 4.79 Å². The van der Waals surface area contributed by atoms with Crippen molar-refractivity contribution >= 4 is 11.9 Å². The lowest BCUT2D eigenvalue weighted by Gasteiger charge is -2.24. The summed E-state index contributed by atoms with van der Waals surface area (Å²) in [5.41, 5.74) is 0.146. The Morgan fingerprint density at radius 3 is 2.67 bits per heavy atom. The molecule has 21 heavy (non-hydrogen) atoms. The quantitative estimate of drug-likeness (QED) is 0.874. The molecule has 1 amide bonds. The summed E-state index contributed by atoms with van der Waals surface area (Å²) in [6.07, 6.45) is 4.94. The van der Waals surface area contributed by atoms with Crippen LogP contribution in [0.2, 0.25) is 0 Å². The Balaban J connectivity index is 1.90. The molecule has 0 bridgehead atoms. The summed E-state index contributed by atoms with van der Waals surface area (Å²) in [5.74, 6) is -0.774. The van der Waals surface area contributed by atoms with Crippen molar-refractivity contribution in [2.75, 3.05) is 0 Å². The molecule has 0 spiro atoms. The maximum absolute atomic E-state index is 12.1. The third-order valence-corrected chi connectivity index (χ3v) is 3.71. The summed E-state index contributed by atoms with van der Waals surface area (Å²) in [6.45, 7) is 1.67. The van der Waals surface area contributed by atoms with Crippen LogP contribution in [0.25, 0.3) is 0 Å². The van der Waals surface area contributed by atoms with Gasteiger partial charge in [0.15, 0.2) is 6.10 Å². The number of amides is 1. The van der Waals surface area contributed by atoms with E-state index in [1.54, 1.807) is 19.1 Å². The summed E-state index contributed by atoms with van der Waals surface area (Å²) >= 11 is 0. The van der Waals surface area contributed by atoms with Crippen molar-refractivity contribution in [3.63, 3.8) is 0 Å². The van der Waals surface area contributed by atoms with Crippen LogP contribution in [-0.2, 0) is 4.79 Å². The molecule has 0 aromatic heterocycles. The van der Waals surface area contributed by atoms with Gasteiger partial charge in [-0.1, -0.05) is 25.3 Å². The number of carbonyl (C=O) groups excluding carboxylic acids is 1. The van der Waals surface area contributed by atoms with Crippen LogP contribution < -0.4 is 10.1 Å². The lowest BCUT2D eigenvalue weighted by molar-refractivity contribution is -0.128. The van der Waals surface area contributed by atoms with Crippen LogP contribution >= 0.6 is 0 Å². The molecule has 5 heteroatoms. The lowest BCUT2D eigenvalue weighted by Crippen LogP contribution is -2.43. The topological polar surface area (TPSA) is 75.6 Å². The van der Waals surface area contributed by atoms with Crippen molar-refractivity contribution in [3.8, 4) is 5.75 Å². The second-order valence-corrected chi connectivity index (χ2v) is 5.44. The molecule has 1 fully saturated rings. The number of carbonyl (C=O) groups is 2. The Hall–Kier alpha value is -2.04. The van der Waals surface area contributed by atoms with E-state index in [-0.39, 0.29) is 17.5 Å². The van der Waals surface area contributed by atoms with Gasteiger partial charge >= 0.3 is 5.97 Å². The largest absolute Gasteiger partial charge is 0.481 e. The number of hydrogen-bond donors (Lipinski definition) is 2. The normalized spacial score (nSPS) is 17.0. The number of aromatic carboxylic acids is 1. The summed E-state index contributed by atoms with van der Waals surface area (Å²) in [4.78, 5) is 23.0. The number of ether oxygens (including phenoxy) is 1. The van der Waals surface area contributed by atoms with Crippen molar-refractivity contribution in [1.29, 1.82) is 0 Å². The summed E-state index contributed by atoms with van der Waals surface area (Å²) in [6, 6.07) is 6.40. The maximum atomic E-state index is 12.1. The van der Waals surface area contributed by atoms with E-state index in [2.05, 4.69) is 5.32 Å². The molecule has 1 aliphatic rings. The van der Waals surface area contributed by atoms with Gasteiger partial charge < -0.3 is 15.2 Å². The van der Waals surface area contributed by atoms with Crippen LogP contribution in [0.15, 0.2) is 24.3 Å². The van der Waals surface area contributed by atoms with E-state index in [1.807, 2.05) is 0 Å². The van der Waals surface area contributed by atoms with Gasteiger partial charge in [-0.2, -0.15) is 0 Å². The molecule has 1 aliphatic carbocycles. The molecule has 2 rings (SSSR count). The molecule has 1 saturated carbocycles. The highest BCUT2D eigenvalue weighted by Gasteiger charge is 2.20. The minimum atomic E-state index is -1.01. The molecule has 5 nitrogen and oxygen atoms in total. The van der Waals surface area contributed by atoms with Gasteiger partial charge in [-0.05, 0) is 38.0 Å². The number of nitrogens with one attached hydrogen (secondary N) is 1. The highest BCUT2D eigenvalue weighted by molar-refractivity contribution is 5.88. The molecule has 2 N–H and O–H groups in total. The van der Waals surface area contributed by atoms with Crippen molar-refractivity contribution in [3.05, 3.63) is 29.8 Å². The average molecular weight is 291 g/mol. The molecule has 0 heterocycles. The van der Waals surface area contributed by atoms with Crippen LogP contribution in [-0.4, -0.2) is 29.1 Å². The van der Waals surface area contributed by atoms with Gasteiger partial charge in [0, 0.05) is 6.04 Å². The SMILES string of the molecule is CC(Oc1cccc(C(=O)O)c1)C(=O)NC1CCCCC1. The number of hydrogen-bond acceptors (Lipinski definition) is 3. The number of rotatable bonds is 5. The van der Waals surface area contributed by atoms with Gasteiger partial charge in [-0.15, -0.1) is 0 Å². The summed E-state index contributed by atoms with van der Waals surface area (Å²) < 4.78 is 5.53. The van der Waals surface area contributed by atoms with Crippen LogP contribution in [0.3, 0.4) is 0 Å². The van der Waals surface area contributed by atoms with E-state index in [0.717, 1.165) is 25.7 Å². The van der Waals surface area contributed by atoms with E-state index >= 15 is 0 Å². The number of benzene rings is 1. The third-order valence-electron chi connectivity index (χ3n) is 3.71. The minimum Gasteiger partial charge on any atom is -0.481 e. The molecule has 0 aliphatic heterocycles. The second kappa shape index (κ2) is 7.11. The fraction of sp³-hybridized carbons (Fsp3) is 0.500. The van der Waals surface area contributed by atoms with Crippen molar-refractivity contribution < 1.29 is 19.4 Å². The third kappa shape index (κ3) is 4.48. The van der Waals surface area contributed by atoms with Gasteiger partial charge in [0.1, 0.15) is 5.75 Å². The lowest BCUT2D eigenvalue weighted by atomic mass is 9.95. The molecule has 0 radical (unpaired) electrons. The Morgan fingerprint density at radius 2 is 2.00 bits per heavy atom. The zero-order chi connectivity index (χ0) is 15.2. The Labute approximate surface area is 124 Å². The first-order chi connectivity index (χ1) is 10.1. The van der Waals surface area contributed by atoms with Crippen LogP contribution in [0, 0.1) is 0 Å². The molecular weight excluding hydrogens is 270 g/mol. The van der Waals surface area contributed by atoms with Crippen molar-refractivity contribution in [2.24, 2.45) is 0 Å². The monoisotopic (exact) mass is 291 g/mol. The smallest absolute Gasteiger partial charge is 0.335 e. The second-order valence-electron chi connectivity index (χ2n) is 5.44. The zero-order valence-electron chi connectivity index (χ0n) is 12.2. The van der Waals surface area contributed by atoms with Gasteiger partial charge in [0.05, 0.1) is 5.56 Å². The molecule has 1 atom stereocenters. The standard InChI is InChI=1S/C16H21NO4/c1-11(15(18)17-13-7-3-2-4-8-13)21-14-9-5-6-12(10-14)16(19)20/h5-6,9-11,13H,2-4,7-8H2,1H3,(H,17,18)(H,19,20). The highest BCUT2D eigenvalue weighted by atomic mass is 16.5. The van der Waals surface area contributed by atoms with E-state index in [4.69, 9.17) is 9.84 Å². The molecule has 1 aromatic rings. The molecular formula is C16H21NO4. The van der Waals surface area contributed by atoms with Crippen LogP contribution in [0.5, 0.6) is 5.75 Å². The summed E-state index contributed by atoms with van der Waals surface area (Å²) in [7, 11) is 0. The average Bonchev–Trinajstić information content (AvgIpc) is 2.48. The minimum absolute atomic E-state index is 0.146. The molecule has 1 aromatic carbocycles. The highest BCUT2D eigenvalue weighted by Crippen LogP contribution is 2.18. The first-order valence-corrected chi connectivity index (χ1v) is 7.36. The zero-order valence-corrected chi connectivity index (χ0v) is 12.2. The fourth-order valence-corrected chi connectivity index (χ4v) is 2.53. The molecule has 0 saturated heterocycles. The van der Waals surface area contributed by atoms with E-state index < -0.39 is 12.1 Å². The summed E-state index contributed by atoms with van der Waals surface area (Å²) in [5, 5.41) is 11.9. The molecule has 1 unspecified atom stereocenters. The fourth-order valence-electron chi connectivity index (χ4n) is 2.53. The van der Waals surface area contributed by atoms with E-state index in [0.29, 0.717) is 5.75 Å². The molecule has 114 valence electrons. The van der Waals surface area contributed by atoms with E-state index in [1.165, 1.54) is 18.6 Å². The van der Waals surface area contributed by atoms with Gasteiger partial charge in [0.25, 0.3) is 5.91 Å². The van der Waals surface area contributed by atoms with E-state index in [9.17, 15) is 9.59 Å². The number of carboxylic acid groups (broad SMARTS) is 1. The van der Waals surface area contributed by atoms with Crippen LogP contribution in [0.4, 0.5) is 0 Å². The van der Waals surface area contributed by atoms with Crippen LogP contribution in [0.1, 0.15) is 49.4 Å². The van der Waals surface area contributed by atoms with Gasteiger partial charge in [0.2, 0.25) is 0 Å². The Morgan fingerprint density at radius 1 is 1.29 bits per heavy atom. The Kier molecular flexibility index (Phi) is 5.20. The predicted octanol–water partition coefficient (Wildman–Crippen LogP) is 2.60. The van der Waals surface area contributed by atoms with Gasteiger partial charge in [-0.25, -0.2) is 4.79 Å². The van der Waals surface area contributed by atoms with Crippen molar-refractivity contribution in [1.82, 2.24) is 5.32 Å².